The Morgan fingerprint density at radius 2 is 2.03 bits per heavy atom. The largest absolute Gasteiger partial charge is 0.377 e. The van der Waals surface area contributed by atoms with Crippen LogP contribution in [0.1, 0.15) is 21.4 Å². The molecule has 1 unspecified atom stereocenters. The van der Waals surface area contributed by atoms with Crippen molar-refractivity contribution in [2.45, 2.75) is 19.0 Å². The normalized spacial score (nSPS) is 16.4. The number of ether oxygens (including phenoxy) is 1. The first-order chi connectivity index (χ1) is 14.6. The van der Waals surface area contributed by atoms with Crippen molar-refractivity contribution in [3.8, 4) is 0 Å². The Balaban J connectivity index is 1.52. The maximum Gasteiger partial charge on any atom is 0.222 e. The molecule has 3 heterocycles. The Morgan fingerprint density at radius 3 is 2.83 bits per heavy atom. The molecule has 1 saturated heterocycles. The molecule has 0 radical (unpaired) electrons. The van der Waals surface area contributed by atoms with Gasteiger partial charge in [-0.05, 0) is 17.7 Å². The summed E-state index contributed by atoms with van der Waals surface area (Å²) in [5, 5.41) is 3.04. The van der Waals surface area contributed by atoms with Gasteiger partial charge in [-0.15, -0.1) is 11.3 Å². The minimum atomic E-state index is -0.491. The molecule has 3 aromatic rings. The maximum absolute atomic E-state index is 15.3. The molecule has 7 nitrogen and oxygen atoms in total. The number of nitrogens with zero attached hydrogens (tertiary/aromatic N) is 3. The van der Waals surface area contributed by atoms with Crippen molar-refractivity contribution in [1.82, 2.24) is 9.97 Å². The van der Waals surface area contributed by atoms with Gasteiger partial charge in [0.05, 0.1) is 32.2 Å². The zero-order valence-corrected chi connectivity index (χ0v) is 17.1. The summed E-state index contributed by atoms with van der Waals surface area (Å²) in [7, 11) is 0. The van der Waals surface area contributed by atoms with E-state index in [1.165, 1.54) is 17.7 Å². The second-order valence-corrected chi connectivity index (χ2v) is 8.17. The van der Waals surface area contributed by atoms with E-state index in [0.29, 0.717) is 26.3 Å². The molecule has 156 valence electrons. The Labute approximate surface area is 177 Å². The molecule has 0 aliphatic carbocycles. The van der Waals surface area contributed by atoms with E-state index >= 15 is 4.39 Å². The number of hydrogen-bond acceptors (Lipinski definition) is 7. The van der Waals surface area contributed by atoms with Crippen LogP contribution in [0.15, 0.2) is 48.8 Å². The maximum atomic E-state index is 15.3. The van der Waals surface area contributed by atoms with Crippen LogP contribution in [-0.4, -0.2) is 35.6 Å². The lowest BCUT2D eigenvalue weighted by Gasteiger charge is -2.37. The Bertz CT molecular complexity index is 1010. The smallest absolute Gasteiger partial charge is 0.222 e. The molecule has 1 aliphatic rings. The van der Waals surface area contributed by atoms with Gasteiger partial charge in [-0.2, -0.15) is 4.39 Å². The van der Waals surface area contributed by atoms with Crippen LogP contribution in [0.25, 0.3) is 0 Å². The van der Waals surface area contributed by atoms with Gasteiger partial charge >= 0.3 is 0 Å². The van der Waals surface area contributed by atoms with E-state index in [0.717, 1.165) is 15.3 Å². The van der Waals surface area contributed by atoms with Crippen molar-refractivity contribution >= 4 is 28.9 Å². The van der Waals surface area contributed by atoms with Crippen LogP contribution in [0.5, 0.6) is 0 Å². The third-order valence-electron chi connectivity index (χ3n) is 4.85. The molecule has 0 spiro atoms. The molecule has 0 saturated carbocycles. The van der Waals surface area contributed by atoms with E-state index in [-0.39, 0.29) is 30.0 Å². The lowest BCUT2D eigenvalue weighted by molar-refractivity contribution is -0.117. The molecule has 3 N–H and O–H groups in total. The topological polar surface area (TPSA) is 93.4 Å². The average molecular weight is 428 g/mol. The highest BCUT2D eigenvalue weighted by molar-refractivity contribution is 7.12. The summed E-state index contributed by atoms with van der Waals surface area (Å²) in [4.78, 5) is 23.1. The summed E-state index contributed by atoms with van der Waals surface area (Å²) in [6.45, 7) is 1.90. The first-order valence-electron chi connectivity index (χ1n) is 9.61. The van der Waals surface area contributed by atoms with Crippen molar-refractivity contribution in [3.63, 3.8) is 0 Å². The zero-order valence-electron chi connectivity index (χ0n) is 16.3. The third-order valence-corrected chi connectivity index (χ3v) is 5.94. The quantitative estimate of drug-likeness (QED) is 0.602. The first kappa shape index (κ1) is 20.2. The number of benzene rings is 1. The Kier molecular flexibility index (Phi) is 6.20. The van der Waals surface area contributed by atoms with E-state index < -0.39 is 5.82 Å². The molecule has 0 bridgehead atoms. The van der Waals surface area contributed by atoms with E-state index in [1.54, 1.807) is 0 Å². The van der Waals surface area contributed by atoms with E-state index in [1.807, 2.05) is 47.4 Å². The Morgan fingerprint density at radius 1 is 1.23 bits per heavy atom. The predicted molar refractivity (Wildman–Crippen MR) is 114 cm³/mol. The van der Waals surface area contributed by atoms with Crippen LogP contribution < -0.4 is 16.0 Å². The van der Waals surface area contributed by atoms with Crippen molar-refractivity contribution in [2.24, 2.45) is 5.73 Å². The van der Waals surface area contributed by atoms with Crippen molar-refractivity contribution in [1.29, 1.82) is 0 Å². The van der Waals surface area contributed by atoms with Gasteiger partial charge in [0, 0.05) is 16.3 Å². The average Bonchev–Trinajstić information content (AvgIpc) is 3.20. The van der Waals surface area contributed by atoms with Crippen molar-refractivity contribution in [2.75, 3.05) is 30.0 Å². The van der Waals surface area contributed by atoms with Gasteiger partial charge in [0.15, 0.2) is 11.6 Å². The number of amides is 1. The number of halogens is 1. The minimum Gasteiger partial charge on any atom is -0.377 e. The third kappa shape index (κ3) is 4.58. The highest BCUT2D eigenvalue weighted by Crippen LogP contribution is 2.32. The number of hydrogen-bond donors (Lipinski definition) is 2. The highest BCUT2D eigenvalue weighted by atomic mass is 32.1. The van der Waals surface area contributed by atoms with Crippen LogP contribution in [0.2, 0.25) is 0 Å². The lowest BCUT2D eigenvalue weighted by Crippen LogP contribution is -2.40. The monoisotopic (exact) mass is 427 g/mol. The number of carbonyl (C=O) groups is 1. The van der Waals surface area contributed by atoms with Crippen molar-refractivity contribution in [3.05, 3.63) is 69.9 Å². The number of nitrogens with one attached hydrogen (secondary N) is 1. The molecule has 1 fully saturated rings. The van der Waals surface area contributed by atoms with Crippen LogP contribution in [0, 0.1) is 5.82 Å². The van der Waals surface area contributed by atoms with Crippen molar-refractivity contribution < 1.29 is 13.9 Å². The standard InChI is InChI=1S/C21H22FN5O2S/c22-19-20(24-11-16-7-6-15(30-16)10-18(23)28)25-13-26-21(19)27-8-9-29-12-17(27)14-4-2-1-3-5-14/h1-7,13,17H,8-12H2,(H2,23,28)(H,24,25,26). The second kappa shape index (κ2) is 9.19. The fourth-order valence-corrected chi connectivity index (χ4v) is 4.42. The molecule has 2 aromatic heterocycles. The van der Waals surface area contributed by atoms with Gasteiger partial charge in [0.25, 0.3) is 0 Å². The second-order valence-electron chi connectivity index (χ2n) is 6.92. The van der Waals surface area contributed by atoms with Crippen LogP contribution in [0.4, 0.5) is 16.0 Å². The number of aromatic nitrogens is 2. The van der Waals surface area contributed by atoms with Gasteiger partial charge in [-0.3, -0.25) is 4.79 Å². The van der Waals surface area contributed by atoms with Gasteiger partial charge in [0.1, 0.15) is 6.33 Å². The summed E-state index contributed by atoms with van der Waals surface area (Å²) >= 11 is 1.46. The fourth-order valence-electron chi connectivity index (χ4n) is 3.45. The van der Waals surface area contributed by atoms with Gasteiger partial charge in [-0.1, -0.05) is 30.3 Å². The number of carbonyl (C=O) groups excluding carboxylic acids is 1. The number of thiophene rings is 1. The van der Waals surface area contributed by atoms with Crippen LogP contribution >= 0.6 is 11.3 Å². The SMILES string of the molecule is NC(=O)Cc1ccc(CNc2ncnc(N3CCOCC3c3ccccc3)c2F)s1. The molecular formula is C21H22FN5O2S. The van der Waals surface area contributed by atoms with Crippen LogP contribution in [0.3, 0.4) is 0 Å². The fraction of sp³-hybridized carbons (Fsp3) is 0.286. The Hall–Kier alpha value is -3.04. The van der Waals surface area contributed by atoms with E-state index in [4.69, 9.17) is 10.5 Å². The first-order valence-corrected chi connectivity index (χ1v) is 10.4. The minimum absolute atomic E-state index is 0.120. The summed E-state index contributed by atoms with van der Waals surface area (Å²) in [6.07, 6.45) is 1.57. The molecule has 4 rings (SSSR count). The molecule has 30 heavy (non-hydrogen) atoms. The number of primary amides is 1. The van der Waals surface area contributed by atoms with Gasteiger partial charge in [0.2, 0.25) is 11.7 Å². The summed E-state index contributed by atoms with van der Waals surface area (Å²) in [6, 6.07) is 13.5. The highest BCUT2D eigenvalue weighted by Gasteiger charge is 2.29. The van der Waals surface area contributed by atoms with Gasteiger partial charge in [-0.25, -0.2) is 9.97 Å². The number of rotatable bonds is 7. The molecule has 1 amide bonds. The summed E-state index contributed by atoms with van der Waals surface area (Å²) in [5.74, 6) is -0.469. The van der Waals surface area contributed by atoms with Gasteiger partial charge < -0.3 is 20.7 Å². The molecule has 1 aromatic carbocycles. The number of morpholine rings is 1. The molecule has 9 heteroatoms. The predicted octanol–water partition coefficient (Wildman–Crippen LogP) is 2.90. The van der Waals surface area contributed by atoms with E-state index in [2.05, 4.69) is 15.3 Å². The number of nitrogens with two attached hydrogens (primary N) is 1. The molecular weight excluding hydrogens is 405 g/mol. The molecule has 1 aliphatic heterocycles. The summed E-state index contributed by atoms with van der Waals surface area (Å²) in [5.41, 5.74) is 6.28. The lowest BCUT2D eigenvalue weighted by atomic mass is 10.0. The van der Waals surface area contributed by atoms with E-state index in [9.17, 15) is 4.79 Å². The molecule has 1 atom stereocenters. The zero-order chi connectivity index (χ0) is 20.9. The summed E-state index contributed by atoms with van der Waals surface area (Å²) < 4.78 is 20.9. The van der Waals surface area contributed by atoms with Crippen LogP contribution in [-0.2, 0) is 22.5 Å². The number of anilines is 2.